The first-order chi connectivity index (χ1) is 9.73. The minimum absolute atomic E-state index is 0.0454. The predicted octanol–water partition coefficient (Wildman–Crippen LogP) is 1.30. The number of benzene rings is 1. The van der Waals surface area contributed by atoms with Gasteiger partial charge in [-0.2, -0.15) is 0 Å². The number of carbonyl (C=O) groups excluding carboxylic acids is 1. The summed E-state index contributed by atoms with van der Waals surface area (Å²) in [5.41, 5.74) is 0.716. The molecule has 6 nitrogen and oxygen atoms in total. The topological polar surface area (TPSA) is 91.8 Å². The van der Waals surface area contributed by atoms with Crippen molar-refractivity contribution in [3.8, 4) is 0 Å². The Labute approximate surface area is 131 Å². The molecule has 21 heavy (non-hydrogen) atoms. The van der Waals surface area contributed by atoms with Crippen LogP contribution in [0.15, 0.2) is 28.7 Å². The van der Waals surface area contributed by atoms with Crippen LogP contribution in [-0.4, -0.2) is 48.4 Å². The molecule has 1 N–H and O–H groups in total. The summed E-state index contributed by atoms with van der Waals surface area (Å²) < 4.78 is 23.8. The van der Waals surface area contributed by atoms with Gasteiger partial charge in [0.05, 0.1) is 0 Å². The molecule has 0 spiro atoms. The predicted molar refractivity (Wildman–Crippen MR) is 81.5 cm³/mol. The van der Waals surface area contributed by atoms with Gasteiger partial charge in [-0.3, -0.25) is 9.59 Å². The second-order valence-electron chi connectivity index (χ2n) is 4.45. The number of halogens is 1. The number of carboxylic acids is 1. The number of carboxylic acid groups (broad SMARTS) is 1. The highest BCUT2D eigenvalue weighted by Gasteiger charge is 2.22. The Morgan fingerprint density at radius 2 is 2.00 bits per heavy atom. The van der Waals surface area contributed by atoms with Crippen LogP contribution in [-0.2, 0) is 26.0 Å². The minimum Gasteiger partial charge on any atom is -0.480 e. The number of rotatable bonds is 7. The van der Waals surface area contributed by atoms with Gasteiger partial charge < -0.3 is 10.0 Å². The first kappa shape index (κ1) is 17.6. The third-order valence-electron chi connectivity index (χ3n) is 2.72. The van der Waals surface area contributed by atoms with Crippen LogP contribution in [0.4, 0.5) is 0 Å². The maximum Gasteiger partial charge on any atom is 0.323 e. The van der Waals surface area contributed by atoms with Crippen molar-refractivity contribution in [3.05, 3.63) is 34.3 Å². The van der Waals surface area contributed by atoms with E-state index in [1.807, 2.05) is 0 Å². The Morgan fingerprint density at radius 3 is 2.52 bits per heavy atom. The van der Waals surface area contributed by atoms with Gasteiger partial charge in [-0.25, -0.2) is 8.42 Å². The van der Waals surface area contributed by atoms with E-state index in [4.69, 9.17) is 5.11 Å². The second kappa shape index (κ2) is 7.56. The van der Waals surface area contributed by atoms with E-state index in [0.29, 0.717) is 5.56 Å². The lowest BCUT2D eigenvalue weighted by Gasteiger charge is -2.20. The van der Waals surface area contributed by atoms with Crippen LogP contribution in [0.5, 0.6) is 0 Å². The standard InChI is InChI=1S/C13H16BrNO5S/c1-2-21(19,20)9-12(16)15(8-13(17)18)7-10-4-3-5-11(14)6-10/h3-6H,2,7-9H2,1H3,(H,17,18). The molecule has 0 aromatic heterocycles. The average Bonchev–Trinajstić information content (AvgIpc) is 2.37. The molecule has 1 amide bonds. The summed E-state index contributed by atoms with van der Waals surface area (Å²) in [7, 11) is -3.49. The minimum atomic E-state index is -3.49. The zero-order valence-corrected chi connectivity index (χ0v) is 13.9. The van der Waals surface area contributed by atoms with E-state index in [9.17, 15) is 18.0 Å². The lowest BCUT2D eigenvalue weighted by molar-refractivity contribution is -0.143. The lowest BCUT2D eigenvalue weighted by Crippen LogP contribution is -2.39. The van der Waals surface area contributed by atoms with Crippen molar-refractivity contribution in [3.63, 3.8) is 0 Å². The van der Waals surface area contributed by atoms with Crippen molar-refractivity contribution in [2.75, 3.05) is 18.1 Å². The van der Waals surface area contributed by atoms with Crippen LogP contribution in [0.1, 0.15) is 12.5 Å². The molecule has 0 radical (unpaired) electrons. The van der Waals surface area contributed by atoms with Gasteiger partial charge in [-0.1, -0.05) is 35.0 Å². The number of aliphatic carboxylic acids is 1. The molecule has 0 saturated carbocycles. The van der Waals surface area contributed by atoms with Crippen molar-refractivity contribution >= 4 is 37.6 Å². The monoisotopic (exact) mass is 377 g/mol. The first-order valence-electron chi connectivity index (χ1n) is 6.18. The number of carbonyl (C=O) groups is 2. The molecule has 1 aromatic carbocycles. The summed E-state index contributed by atoms with van der Waals surface area (Å²) in [6, 6.07) is 7.04. The number of hydrogen-bond donors (Lipinski definition) is 1. The summed E-state index contributed by atoms with van der Waals surface area (Å²) >= 11 is 3.28. The summed E-state index contributed by atoms with van der Waals surface area (Å²) in [5.74, 6) is -2.73. The molecule has 1 rings (SSSR count). The Bertz CT molecular complexity index is 629. The van der Waals surface area contributed by atoms with Crippen LogP contribution < -0.4 is 0 Å². The number of sulfone groups is 1. The maximum absolute atomic E-state index is 12.0. The fourth-order valence-electron chi connectivity index (χ4n) is 1.63. The lowest BCUT2D eigenvalue weighted by atomic mass is 10.2. The van der Waals surface area contributed by atoms with Gasteiger partial charge in [-0.15, -0.1) is 0 Å². The van der Waals surface area contributed by atoms with Crippen LogP contribution in [0.3, 0.4) is 0 Å². The van der Waals surface area contributed by atoms with Gasteiger partial charge in [0.15, 0.2) is 9.84 Å². The number of nitrogens with zero attached hydrogens (tertiary/aromatic N) is 1. The largest absolute Gasteiger partial charge is 0.480 e. The molecule has 0 atom stereocenters. The molecular formula is C13H16BrNO5S. The van der Waals surface area contributed by atoms with Gasteiger partial charge in [-0.05, 0) is 17.7 Å². The van der Waals surface area contributed by atoms with E-state index in [2.05, 4.69) is 15.9 Å². The van der Waals surface area contributed by atoms with E-state index in [1.165, 1.54) is 6.92 Å². The van der Waals surface area contributed by atoms with Gasteiger partial charge in [0.1, 0.15) is 12.3 Å². The molecule has 116 valence electrons. The molecular weight excluding hydrogens is 362 g/mol. The highest BCUT2D eigenvalue weighted by molar-refractivity contribution is 9.10. The molecule has 1 aromatic rings. The smallest absolute Gasteiger partial charge is 0.323 e. The van der Waals surface area contributed by atoms with Crippen molar-refractivity contribution in [2.24, 2.45) is 0 Å². The van der Waals surface area contributed by atoms with Gasteiger partial charge in [0, 0.05) is 16.8 Å². The van der Waals surface area contributed by atoms with E-state index in [0.717, 1.165) is 9.37 Å². The Hall–Kier alpha value is -1.41. The Balaban J connectivity index is 2.90. The quantitative estimate of drug-likeness (QED) is 0.772. The van der Waals surface area contributed by atoms with Crippen LogP contribution >= 0.6 is 15.9 Å². The fraction of sp³-hybridized carbons (Fsp3) is 0.385. The SMILES string of the molecule is CCS(=O)(=O)CC(=O)N(CC(=O)O)Cc1cccc(Br)c1. The van der Waals surface area contributed by atoms with E-state index < -0.39 is 34.0 Å². The number of amides is 1. The van der Waals surface area contributed by atoms with Crippen LogP contribution in [0.25, 0.3) is 0 Å². The maximum atomic E-state index is 12.0. The Kier molecular flexibility index (Phi) is 6.35. The van der Waals surface area contributed by atoms with Crippen molar-refractivity contribution in [2.45, 2.75) is 13.5 Å². The molecule has 0 bridgehead atoms. The van der Waals surface area contributed by atoms with Crippen molar-refractivity contribution in [1.29, 1.82) is 0 Å². The summed E-state index contributed by atoms with van der Waals surface area (Å²) in [6.07, 6.45) is 0. The first-order valence-corrected chi connectivity index (χ1v) is 8.79. The van der Waals surface area contributed by atoms with Crippen molar-refractivity contribution in [1.82, 2.24) is 4.90 Å². The fourth-order valence-corrected chi connectivity index (χ4v) is 2.84. The van der Waals surface area contributed by atoms with E-state index >= 15 is 0 Å². The van der Waals surface area contributed by atoms with Crippen LogP contribution in [0, 0.1) is 0 Å². The van der Waals surface area contributed by atoms with Crippen molar-refractivity contribution < 1.29 is 23.1 Å². The zero-order valence-electron chi connectivity index (χ0n) is 11.5. The Morgan fingerprint density at radius 1 is 1.33 bits per heavy atom. The molecule has 0 aliphatic carbocycles. The number of hydrogen-bond acceptors (Lipinski definition) is 4. The molecule has 0 unspecified atom stereocenters. The highest BCUT2D eigenvalue weighted by atomic mass is 79.9. The van der Waals surface area contributed by atoms with Crippen LogP contribution in [0.2, 0.25) is 0 Å². The molecule has 8 heteroatoms. The normalized spacial score (nSPS) is 11.1. The molecule has 0 aliphatic rings. The van der Waals surface area contributed by atoms with E-state index in [-0.39, 0.29) is 12.3 Å². The van der Waals surface area contributed by atoms with Gasteiger partial charge in [0.2, 0.25) is 5.91 Å². The summed E-state index contributed by atoms with van der Waals surface area (Å²) in [5, 5.41) is 8.87. The third-order valence-corrected chi connectivity index (χ3v) is 4.78. The summed E-state index contributed by atoms with van der Waals surface area (Å²) in [6.45, 7) is 0.951. The van der Waals surface area contributed by atoms with Gasteiger partial charge in [0.25, 0.3) is 0 Å². The molecule has 0 saturated heterocycles. The third kappa shape index (κ3) is 6.26. The van der Waals surface area contributed by atoms with E-state index in [1.54, 1.807) is 24.3 Å². The average molecular weight is 378 g/mol. The molecule has 0 heterocycles. The second-order valence-corrected chi connectivity index (χ2v) is 7.72. The highest BCUT2D eigenvalue weighted by Crippen LogP contribution is 2.14. The molecule has 0 aliphatic heterocycles. The molecule has 0 fully saturated rings. The zero-order chi connectivity index (χ0) is 16.0. The van der Waals surface area contributed by atoms with Gasteiger partial charge >= 0.3 is 5.97 Å². The summed E-state index contributed by atoms with van der Waals surface area (Å²) in [4.78, 5) is 23.9.